The van der Waals surface area contributed by atoms with Crippen molar-refractivity contribution in [1.82, 2.24) is 0 Å². The van der Waals surface area contributed by atoms with E-state index in [9.17, 15) is 10.2 Å². The first-order valence-electron chi connectivity index (χ1n) is 11.9. The Labute approximate surface area is 211 Å². The Morgan fingerprint density at radius 1 is 0.472 bits per heavy atom. The Hall–Kier alpha value is -4.32. The average molecular weight is 487 g/mol. The van der Waals surface area contributed by atoms with E-state index in [2.05, 4.69) is 0 Å². The Morgan fingerprint density at radius 2 is 0.889 bits per heavy atom. The lowest BCUT2D eigenvalue weighted by Gasteiger charge is -2.12. The fourth-order valence-electron chi connectivity index (χ4n) is 3.47. The molecule has 0 saturated carbocycles. The predicted molar refractivity (Wildman–Crippen MR) is 138 cm³/mol. The highest BCUT2D eigenvalue weighted by molar-refractivity contribution is 5.45. The topological polar surface area (TPSA) is 77.4 Å². The predicted octanol–water partition coefficient (Wildman–Crippen LogP) is 6.49. The molecule has 2 N–H and O–H groups in total. The second-order valence-corrected chi connectivity index (χ2v) is 8.21. The molecule has 0 aliphatic heterocycles. The third kappa shape index (κ3) is 7.60. The minimum absolute atomic E-state index is 0.0442. The molecule has 6 nitrogen and oxygen atoms in total. The van der Waals surface area contributed by atoms with Crippen LogP contribution in [0.3, 0.4) is 0 Å². The minimum Gasteiger partial charge on any atom is -0.504 e. The molecule has 4 aromatic carbocycles. The number of aromatic hydroxyl groups is 2. The van der Waals surface area contributed by atoms with Crippen molar-refractivity contribution >= 4 is 0 Å². The Kier molecular flexibility index (Phi) is 8.92. The summed E-state index contributed by atoms with van der Waals surface area (Å²) in [7, 11) is 0. The summed E-state index contributed by atoms with van der Waals surface area (Å²) >= 11 is 0. The van der Waals surface area contributed by atoms with Gasteiger partial charge < -0.3 is 29.2 Å². The van der Waals surface area contributed by atoms with Gasteiger partial charge in [-0.25, -0.2) is 0 Å². The van der Waals surface area contributed by atoms with Gasteiger partial charge in [-0.05, 0) is 48.2 Å². The smallest absolute Gasteiger partial charge is 0.161 e. The normalized spacial score (nSPS) is 10.6. The number of unbranched alkanes of at least 4 members (excludes halogenated alkanes) is 1. The molecule has 4 aromatic rings. The summed E-state index contributed by atoms with van der Waals surface area (Å²) in [6.45, 7) is 1.75. The monoisotopic (exact) mass is 486 g/mol. The zero-order valence-electron chi connectivity index (χ0n) is 20.0. The quantitative estimate of drug-likeness (QED) is 0.210. The highest BCUT2D eigenvalue weighted by atomic mass is 16.5. The van der Waals surface area contributed by atoms with E-state index in [1.165, 1.54) is 0 Å². The van der Waals surface area contributed by atoms with Gasteiger partial charge in [0.2, 0.25) is 0 Å². The molecule has 0 radical (unpaired) electrons. The molecule has 36 heavy (non-hydrogen) atoms. The maximum Gasteiger partial charge on any atom is 0.161 e. The summed E-state index contributed by atoms with van der Waals surface area (Å²) in [6.07, 6.45) is 1.55. The Bertz CT molecular complexity index is 1110. The standard InChI is InChI=1S/C30H30O6/c31-27-19-25(13-15-29(27)35-21-23-9-3-1-4-10-23)33-17-7-8-18-34-26-14-16-30(28(32)20-26)36-22-24-11-5-2-6-12-24/h1-6,9-16,19-20,31-32H,7-8,17-18,21-22H2. The summed E-state index contributed by atoms with van der Waals surface area (Å²) in [5, 5.41) is 20.4. The van der Waals surface area contributed by atoms with Crippen LogP contribution >= 0.6 is 0 Å². The van der Waals surface area contributed by atoms with Crippen LogP contribution in [-0.4, -0.2) is 23.4 Å². The van der Waals surface area contributed by atoms with E-state index in [4.69, 9.17) is 18.9 Å². The maximum absolute atomic E-state index is 10.2. The van der Waals surface area contributed by atoms with Crippen molar-refractivity contribution in [2.45, 2.75) is 26.1 Å². The van der Waals surface area contributed by atoms with Gasteiger partial charge in [-0.3, -0.25) is 0 Å². The number of hydrogen-bond donors (Lipinski definition) is 2. The van der Waals surface area contributed by atoms with Gasteiger partial charge in [-0.2, -0.15) is 0 Å². The van der Waals surface area contributed by atoms with E-state index >= 15 is 0 Å². The van der Waals surface area contributed by atoms with Crippen molar-refractivity contribution < 1.29 is 29.2 Å². The van der Waals surface area contributed by atoms with Gasteiger partial charge in [0.05, 0.1) is 13.2 Å². The number of rotatable bonds is 13. The number of phenols is 2. The van der Waals surface area contributed by atoms with Gasteiger partial charge in [-0.1, -0.05) is 60.7 Å². The molecular weight excluding hydrogens is 456 g/mol. The van der Waals surface area contributed by atoms with Crippen molar-refractivity contribution in [1.29, 1.82) is 0 Å². The van der Waals surface area contributed by atoms with Gasteiger partial charge in [0.1, 0.15) is 24.7 Å². The molecule has 0 aliphatic rings. The van der Waals surface area contributed by atoms with E-state index in [-0.39, 0.29) is 11.5 Å². The van der Waals surface area contributed by atoms with Crippen molar-refractivity contribution in [3.8, 4) is 34.5 Å². The van der Waals surface area contributed by atoms with Gasteiger partial charge in [0, 0.05) is 12.1 Å². The van der Waals surface area contributed by atoms with Crippen LogP contribution in [-0.2, 0) is 13.2 Å². The fourth-order valence-corrected chi connectivity index (χ4v) is 3.47. The van der Waals surface area contributed by atoms with Crippen molar-refractivity contribution in [2.24, 2.45) is 0 Å². The van der Waals surface area contributed by atoms with Gasteiger partial charge in [0.15, 0.2) is 23.0 Å². The zero-order chi connectivity index (χ0) is 25.0. The van der Waals surface area contributed by atoms with Crippen molar-refractivity contribution in [2.75, 3.05) is 13.2 Å². The van der Waals surface area contributed by atoms with Crippen LogP contribution in [0, 0.1) is 0 Å². The molecule has 0 atom stereocenters. The molecule has 0 bridgehead atoms. The summed E-state index contributed by atoms with van der Waals surface area (Å²) in [5.74, 6) is 2.08. The van der Waals surface area contributed by atoms with Gasteiger partial charge >= 0.3 is 0 Å². The molecule has 186 valence electrons. The molecule has 0 unspecified atom stereocenters. The number of phenolic OH excluding ortho intramolecular Hbond substituents is 2. The Balaban J connectivity index is 1.13. The minimum atomic E-state index is 0.0442. The van der Waals surface area contributed by atoms with E-state index in [0.29, 0.717) is 49.4 Å². The van der Waals surface area contributed by atoms with Crippen molar-refractivity contribution in [3.63, 3.8) is 0 Å². The molecule has 4 rings (SSSR count). The van der Waals surface area contributed by atoms with Gasteiger partial charge in [-0.15, -0.1) is 0 Å². The van der Waals surface area contributed by atoms with Crippen LogP contribution in [0.25, 0.3) is 0 Å². The van der Waals surface area contributed by atoms with E-state index in [0.717, 1.165) is 24.0 Å². The number of benzene rings is 4. The third-order valence-corrected chi connectivity index (χ3v) is 5.41. The van der Waals surface area contributed by atoms with Crippen LogP contribution in [0.2, 0.25) is 0 Å². The first-order chi connectivity index (χ1) is 17.7. The zero-order valence-corrected chi connectivity index (χ0v) is 20.0. The fraction of sp³-hybridized carbons (Fsp3) is 0.200. The molecule has 0 spiro atoms. The lowest BCUT2D eigenvalue weighted by molar-refractivity contribution is 0.261. The number of ether oxygens (including phenoxy) is 4. The molecular formula is C30H30O6. The molecule has 0 saturated heterocycles. The molecule has 0 aromatic heterocycles. The molecule has 0 amide bonds. The van der Waals surface area contributed by atoms with Crippen LogP contribution in [0.5, 0.6) is 34.5 Å². The second-order valence-electron chi connectivity index (χ2n) is 8.21. The highest BCUT2D eigenvalue weighted by Crippen LogP contribution is 2.32. The van der Waals surface area contributed by atoms with Crippen LogP contribution in [0.4, 0.5) is 0 Å². The lowest BCUT2D eigenvalue weighted by atomic mass is 10.2. The van der Waals surface area contributed by atoms with Gasteiger partial charge in [0.25, 0.3) is 0 Å². The van der Waals surface area contributed by atoms with Crippen molar-refractivity contribution in [3.05, 3.63) is 108 Å². The first-order valence-corrected chi connectivity index (χ1v) is 11.9. The van der Waals surface area contributed by atoms with E-state index in [1.54, 1.807) is 36.4 Å². The van der Waals surface area contributed by atoms with Crippen LogP contribution in [0.15, 0.2) is 97.1 Å². The lowest BCUT2D eigenvalue weighted by Crippen LogP contribution is -2.03. The summed E-state index contributed by atoms with van der Waals surface area (Å²) in [4.78, 5) is 0. The SMILES string of the molecule is Oc1cc(OCCCCOc2ccc(OCc3ccccc3)c(O)c2)ccc1OCc1ccccc1. The average Bonchev–Trinajstić information content (AvgIpc) is 2.91. The first kappa shape index (κ1) is 24.8. The maximum atomic E-state index is 10.2. The summed E-state index contributed by atoms with van der Waals surface area (Å²) in [6, 6.07) is 29.6. The van der Waals surface area contributed by atoms with E-state index < -0.39 is 0 Å². The number of hydrogen-bond acceptors (Lipinski definition) is 6. The largest absolute Gasteiger partial charge is 0.504 e. The molecule has 6 heteroatoms. The van der Waals surface area contributed by atoms with Crippen LogP contribution < -0.4 is 18.9 Å². The second kappa shape index (κ2) is 13.0. The van der Waals surface area contributed by atoms with E-state index in [1.807, 2.05) is 60.7 Å². The molecule has 0 fully saturated rings. The summed E-state index contributed by atoms with van der Waals surface area (Å²) in [5.41, 5.74) is 2.06. The molecule has 0 heterocycles. The highest BCUT2D eigenvalue weighted by Gasteiger charge is 2.07. The Morgan fingerprint density at radius 3 is 1.28 bits per heavy atom. The third-order valence-electron chi connectivity index (χ3n) is 5.41. The van der Waals surface area contributed by atoms with Crippen LogP contribution in [0.1, 0.15) is 24.0 Å². The molecule has 0 aliphatic carbocycles. The summed E-state index contributed by atoms with van der Waals surface area (Å²) < 4.78 is 22.8.